The van der Waals surface area contributed by atoms with Gasteiger partial charge in [-0.3, -0.25) is 0 Å². The van der Waals surface area contributed by atoms with Crippen molar-refractivity contribution in [2.75, 3.05) is 13.4 Å². The normalized spacial score (nSPS) is 10.8. The highest BCUT2D eigenvalue weighted by molar-refractivity contribution is 7.98. The lowest BCUT2D eigenvalue weighted by Crippen LogP contribution is -1.95. The van der Waals surface area contributed by atoms with Crippen molar-refractivity contribution in [3.05, 3.63) is 24.4 Å². The lowest BCUT2D eigenvalue weighted by Gasteiger charge is -2.06. The Morgan fingerprint density at radius 1 is 1.31 bits per heavy atom. The van der Waals surface area contributed by atoms with Gasteiger partial charge >= 0.3 is 0 Å². The molecule has 4 heteroatoms. The fourth-order valence-electron chi connectivity index (χ4n) is 1.93. The van der Waals surface area contributed by atoms with Gasteiger partial charge in [-0.25, -0.2) is 0 Å². The van der Waals surface area contributed by atoms with Gasteiger partial charge in [0.1, 0.15) is 0 Å². The molecule has 0 N–H and O–H groups in total. The minimum atomic E-state index is 0.889. The maximum absolute atomic E-state index is 5.35. The molecule has 0 aliphatic rings. The second kappa shape index (κ2) is 4.29. The van der Waals surface area contributed by atoms with E-state index in [0.29, 0.717) is 0 Å². The van der Waals surface area contributed by atoms with Gasteiger partial charge in [-0.15, -0.1) is 11.8 Å². The van der Waals surface area contributed by atoms with Crippen LogP contribution in [0.5, 0.6) is 5.88 Å². The van der Waals surface area contributed by atoms with Crippen molar-refractivity contribution in [2.24, 2.45) is 14.1 Å². The van der Waals surface area contributed by atoms with Crippen molar-refractivity contribution in [1.82, 2.24) is 9.13 Å². The molecule has 0 aromatic carbocycles. The number of thioether (sulfide) groups is 1. The monoisotopic (exact) mass is 236 g/mol. The van der Waals surface area contributed by atoms with Crippen LogP contribution in [0.4, 0.5) is 0 Å². The average molecular weight is 236 g/mol. The van der Waals surface area contributed by atoms with E-state index in [1.807, 2.05) is 7.05 Å². The Balaban J connectivity index is 2.61. The Bertz CT molecular complexity index is 499. The average Bonchev–Trinajstić information content (AvgIpc) is 2.82. The number of aryl methyl sites for hydroxylation is 1. The van der Waals surface area contributed by atoms with Gasteiger partial charge in [0.2, 0.25) is 0 Å². The van der Waals surface area contributed by atoms with Crippen molar-refractivity contribution in [3.8, 4) is 17.1 Å². The van der Waals surface area contributed by atoms with Crippen molar-refractivity contribution < 1.29 is 4.74 Å². The number of rotatable bonds is 3. The molecule has 0 amide bonds. The van der Waals surface area contributed by atoms with Crippen LogP contribution in [-0.4, -0.2) is 22.5 Å². The predicted molar refractivity (Wildman–Crippen MR) is 68.2 cm³/mol. The van der Waals surface area contributed by atoms with E-state index in [0.717, 1.165) is 5.88 Å². The van der Waals surface area contributed by atoms with E-state index in [-0.39, 0.29) is 0 Å². The minimum Gasteiger partial charge on any atom is -0.482 e. The van der Waals surface area contributed by atoms with Gasteiger partial charge in [0.15, 0.2) is 5.88 Å². The van der Waals surface area contributed by atoms with E-state index in [4.69, 9.17) is 4.74 Å². The predicted octanol–water partition coefficient (Wildman–Crippen LogP) is 2.76. The zero-order valence-corrected chi connectivity index (χ0v) is 10.8. The lowest BCUT2D eigenvalue weighted by atomic mass is 10.2. The van der Waals surface area contributed by atoms with Crippen LogP contribution in [0.1, 0.15) is 0 Å². The van der Waals surface area contributed by atoms with E-state index in [9.17, 15) is 0 Å². The summed E-state index contributed by atoms with van der Waals surface area (Å²) >= 11 is 1.73. The van der Waals surface area contributed by atoms with Crippen LogP contribution >= 0.6 is 11.8 Å². The number of aromatic nitrogens is 2. The second-order valence-corrected chi connectivity index (χ2v) is 4.47. The molecule has 0 atom stereocenters. The Labute approximate surface area is 100 Å². The summed E-state index contributed by atoms with van der Waals surface area (Å²) in [6.07, 6.45) is 4.14. The van der Waals surface area contributed by atoms with Gasteiger partial charge in [-0.05, 0) is 18.4 Å². The van der Waals surface area contributed by atoms with E-state index in [1.54, 1.807) is 18.9 Å². The Morgan fingerprint density at radius 3 is 2.56 bits per heavy atom. The summed E-state index contributed by atoms with van der Waals surface area (Å²) in [5, 5.41) is 1.22. The molecule has 3 nitrogen and oxygen atoms in total. The summed E-state index contributed by atoms with van der Waals surface area (Å²) < 4.78 is 9.54. The fraction of sp³-hybridized carbons (Fsp3) is 0.333. The molecule has 86 valence electrons. The summed E-state index contributed by atoms with van der Waals surface area (Å²) in [6, 6.07) is 6.26. The maximum Gasteiger partial charge on any atom is 0.194 e. The molecule has 0 radical (unpaired) electrons. The van der Waals surface area contributed by atoms with Crippen LogP contribution in [0.15, 0.2) is 29.4 Å². The number of nitrogens with zero attached hydrogens (tertiary/aromatic N) is 2. The molecule has 0 saturated carbocycles. The van der Waals surface area contributed by atoms with E-state index < -0.39 is 0 Å². The molecule has 16 heavy (non-hydrogen) atoms. The second-order valence-electron chi connectivity index (χ2n) is 3.67. The molecular weight excluding hydrogens is 220 g/mol. The number of methoxy groups -OCH3 is 1. The number of hydrogen-bond acceptors (Lipinski definition) is 2. The molecule has 0 saturated heterocycles. The molecule has 2 aromatic rings. The molecule has 0 aliphatic heterocycles. The highest BCUT2D eigenvalue weighted by Crippen LogP contribution is 2.35. The summed E-state index contributed by atoms with van der Waals surface area (Å²) in [5.41, 5.74) is 2.43. The molecule has 0 fully saturated rings. The first-order chi connectivity index (χ1) is 7.69. The first kappa shape index (κ1) is 11.2. The van der Waals surface area contributed by atoms with Crippen LogP contribution < -0.4 is 4.74 Å². The fourth-order valence-corrected chi connectivity index (χ4v) is 2.68. The van der Waals surface area contributed by atoms with Gasteiger partial charge < -0.3 is 13.9 Å². The standard InChI is InChI=1S/C12H16N2OS/c1-13-7-5-6-10(13)9-8-11(15-3)14(2)12(9)16-4/h5-8H,1-4H3. The lowest BCUT2D eigenvalue weighted by molar-refractivity contribution is 0.377. The maximum atomic E-state index is 5.35. The first-order valence-corrected chi connectivity index (χ1v) is 6.31. The molecule has 2 aromatic heterocycles. The van der Waals surface area contributed by atoms with E-state index in [1.165, 1.54) is 16.3 Å². The molecular formula is C12H16N2OS. The third kappa shape index (κ3) is 1.63. The smallest absolute Gasteiger partial charge is 0.194 e. The minimum absolute atomic E-state index is 0.889. The number of hydrogen-bond donors (Lipinski definition) is 0. The Hall–Kier alpha value is -1.29. The van der Waals surface area contributed by atoms with Gasteiger partial charge in [0.25, 0.3) is 0 Å². The third-order valence-electron chi connectivity index (χ3n) is 2.76. The Morgan fingerprint density at radius 2 is 2.06 bits per heavy atom. The molecule has 0 spiro atoms. The van der Waals surface area contributed by atoms with Gasteiger partial charge in [0, 0.05) is 31.9 Å². The van der Waals surface area contributed by atoms with Crippen molar-refractivity contribution in [2.45, 2.75) is 5.03 Å². The topological polar surface area (TPSA) is 19.1 Å². The van der Waals surface area contributed by atoms with Crippen LogP contribution in [0.3, 0.4) is 0 Å². The molecule has 0 bridgehead atoms. The third-order valence-corrected chi connectivity index (χ3v) is 3.64. The highest BCUT2D eigenvalue weighted by atomic mass is 32.2. The van der Waals surface area contributed by atoms with Crippen LogP contribution in [0, 0.1) is 0 Å². The molecule has 0 unspecified atom stereocenters. The van der Waals surface area contributed by atoms with E-state index >= 15 is 0 Å². The Kier molecular flexibility index (Phi) is 3.01. The summed E-state index contributed by atoms with van der Waals surface area (Å²) in [4.78, 5) is 0. The highest BCUT2D eigenvalue weighted by Gasteiger charge is 2.15. The van der Waals surface area contributed by atoms with E-state index in [2.05, 4.69) is 46.8 Å². The summed E-state index contributed by atoms with van der Waals surface area (Å²) in [6.45, 7) is 0. The van der Waals surface area contributed by atoms with Crippen LogP contribution in [-0.2, 0) is 14.1 Å². The SMILES string of the molecule is COc1cc(-c2cccn2C)c(SC)n1C. The summed E-state index contributed by atoms with van der Waals surface area (Å²) in [7, 11) is 5.78. The molecule has 2 rings (SSSR count). The largest absolute Gasteiger partial charge is 0.482 e. The quantitative estimate of drug-likeness (QED) is 0.763. The first-order valence-electron chi connectivity index (χ1n) is 5.08. The van der Waals surface area contributed by atoms with Crippen molar-refractivity contribution in [3.63, 3.8) is 0 Å². The van der Waals surface area contributed by atoms with Crippen LogP contribution in [0.2, 0.25) is 0 Å². The van der Waals surface area contributed by atoms with Gasteiger partial charge in [-0.1, -0.05) is 0 Å². The van der Waals surface area contributed by atoms with Crippen LogP contribution in [0.25, 0.3) is 11.3 Å². The van der Waals surface area contributed by atoms with Gasteiger partial charge in [-0.2, -0.15) is 0 Å². The zero-order chi connectivity index (χ0) is 11.7. The summed E-state index contributed by atoms with van der Waals surface area (Å²) in [5.74, 6) is 0.889. The molecule has 2 heterocycles. The van der Waals surface area contributed by atoms with Gasteiger partial charge in [0.05, 0.1) is 17.8 Å². The zero-order valence-electron chi connectivity index (χ0n) is 10.0. The molecule has 0 aliphatic carbocycles. The number of ether oxygens (including phenoxy) is 1. The van der Waals surface area contributed by atoms with Crippen molar-refractivity contribution in [1.29, 1.82) is 0 Å². The van der Waals surface area contributed by atoms with Crippen molar-refractivity contribution >= 4 is 11.8 Å².